The van der Waals surface area contributed by atoms with Crippen LogP contribution in [0.3, 0.4) is 0 Å². The first-order valence-electron chi connectivity index (χ1n) is 10.2. The van der Waals surface area contributed by atoms with Gasteiger partial charge in [-0.05, 0) is 63.3 Å². The monoisotopic (exact) mass is 405 g/mol. The number of nitriles is 1. The first-order valence-corrected chi connectivity index (χ1v) is 10.2. The van der Waals surface area contributed by atoms with E-state index in [1.807, 2.05) is 19.9 Å². The minimum atomic E-state index is -0.393. The van der Waals surface area contributed by atoms with E-state index in [4.69, 9.17) is 0 Å². The van der Waals surface area contributed by atoms with Crippen molar-refractivity contribution >= 4 is 16.7 Å². The van der Waals surface area contributed by atoms with Gasteiger partial charge in [0.2, 0.25) is 0 Å². The Morgan fingerprint density at radius 2 is 1.90 bits per heavy atom. The molecule has 1 aromatic carbocycles. The van der Waals surface area contributed by atoms with E-state index in [0.29, 0.717) is 34.8 Å². The van der Waals surface area contributed by atoms with Crippen LogP contribution >= 0.6 is 0 Å². The maximum Gasteiger partial charge on any atom is 0.261 e. The van der Waals surface area contributed by atoms with Crippen LogP contribution in [0, 0.1) is 43.8 Å². The second-order valence-corrected chi connectivity index (χ2v) is 8.06. The van der Waals surface area contributed by atoms with Crippen LogP contribution in [0.25, 0.3) is 10.9 Å². The lowest BCUT2D eigenvalue weighted by molar-refractivity contribution is 0.348. The molecule has 6 nitrogen and oxygen atoms in total. The molecule has 0 spiro atoms. The summed E-state index contributed by atoms with van der Waals surface area (Å²) in [5.74, 6) is 1.30. The van der Waals surface area contributed by atoms with Gasteiger partial charge in [-0.15, -0.1) is 0 Å². The molecule has 1 aliphatic rings. The van der Waals surface area contributed by atoms with Crippen molar-refractivity contribution < 1.29 is 4.39 Å². The lowest BCUT2D eigenvalue weighted by atomic mass is 9.96. The van der Waals surface area contributed by atoms with Gasteiger partial charge in [0.05, 0.1) is 16.5 Å². The summed E-state index contributed by atoms with van der Waals surface area (Å²) >= 11 is 0. The smallest absolute Gasteiger partial charge is 0.261 e. The maximum atomic E-state index is 13.5. The fourth-order valence-corrected chi connectivity index (χ4v) is 4.29. The molecule has 0 radical (unpaired) electrons. The zero-order valence-corrected chi connectivity index (χ0v) is 17.4. The Hall–Kier alpha value is -3.27. The third-order valence-corrected chi connectivity index (χ3v) is 5.90. The molecule has 0 unspecified atom stereocenters. The van der Waals surface area contributed by atoms with Crippen molar-refractivity contribution in [3.05, 3.63) is 63.1 Å². The number of anilines is 1. The Balaban J connectivity index is 1.53. The minimum absolute atomic E-state index is 0.123. The van der Waals surface area contributed by atoms with Crippen LogP contribution in [-0.4, -0.2) is 27.6 Å². The molecule has 3 aromatic rings. The number of aromatic nitrogens is 3. The summed E-state index contributed by atoms with van der Waals surface area (Å²) < 4.78 is 15.2. The Morgan fingerprint density at radius 3 is 2.60 bits per heavy atom. The molecule has 1 aliphatic heterocycles. The first kappa shape index (κ1) is 20.0. The van der Waals surface area contributed by atoms with Gasteiger partial charge in [0.15, 0.2) is 0 Å². The third kappa shape index (κ3) is 3.65. The highest BCUT2D eigenvalue weighted by Crippen LogP contribution is 2.27. The van der Waals surface area contributed by atoms with Gasteiger partial charge in [-0.3, -0.25) is 9.36 Å². The van der Waals surface area contributed by atoms with Gasteiger partial charge in [-0.25, -0.2) is 14.4 Å². The molecule has 7 heteroatoms. The highest BCUT2D eigenvalue weighted by atomic mass is 19.1. The van der Waals surface area contributed by atoms with Crippen molar-refractivity contribution in [3.63, 3.8) is 0 Å². The fourth-order valence-electron chi connectivity index (χ4n) is 4.29. The van der Waals surface area contributed by atoms with Crippen molar-refractivity contribution in [2.75, 3.05) is 18.0 Å². The SMILES string of the molecule is Cc1cc(C)c(C#N)c(N2CCC(Cn3c(C)nc4cc(F)ccc4c3=O)CC2)n1. The molecule has 30 heavy (non-hydrogen) atoms. The number of nitrogens with zero attached hydrogens (tertiary/aromatic N) is 5. The quantitative estimate of drug-likeness (QED) is 0.665. The fraction of sp³-hybridized carbons (Fsp3) is 0.391. The van der Waals surface area contributed by atoms with Gasteiger partial charge in [0.25, 0.3) is 5.56 Å². The predicted molar refractivity (Wildman–Crippen MR) is 114 cm³/mol. The third-order valence-electron chi connectivity index (χ3n) is 5.90. The molecule has 4 rings (SSSR count). The van der Waals surface area contributed by atoms with Gasteiger partial charge in [0.1, 0.15) is 23.5 Å². The molecule has 1 fully saturated rings. The van der Waals surface area contributed by atoms with E-state index < -0.39 is 5.82 Å². The normalized spacial score (nSPS) is 14.8. The van der Waals surface area contributed by atoms with Gasteiger partial charge in [-0.2, -0.15) is 5.26 Å². The van der Waals surface area contributed by atoms with Crippen LogP contribution < -0.4 is 10.5 Å². The van der Waals surface area contributed by atoms with E-state index in [2.05, 4.69) is 20.9 Å². The number of halogens is 1. The van der Waals surface area contributed by atoms with E-state index in [1.54, 1.807) is 11.5 Å². The lowest BCUT2D eigenvalue weighted by Crippen LogP contribution is -2.38. The summed E-state index contributed by atoms with van der Waals surface area (Å²) in [7, 11) is 0. The molecule has 0 atom stereocenters. The van der Waals surface area contributed by atoms with Crippen LogP contribution in [0.1, 0.15) is 35.5 Å². The summed E-state index contributed by atoms with van der Waals surface area (Å²) in [6, 6.07) is 8.33. The first-order chi connectivity index (χ1) is 14.4. The topological polar surface area (TPSA) is 74.8 Å². The lowest BCUT2D eigenvalue weighted by Gasteiger charge is -2.34. The van der Waals surface area contributed by atoms with Crippen molar-refractivity contribution in [3.8, 4) is 6.07 Å². The molecular weight excluding hydrogens is 381 g/mol. The van der Waals surface area contributed by atoms with E-state index in [1.165, 1.54) is 18.2 Å². The Labute approximate surface area is 174 Å². The highest BCUT2D eigenvalue weighted by Gasteiger charge is 2.24. The number of aryl methyl sites for hydroxylation is 3. The van der Waals surface area contributed by atoms with Gasteiger partial charge in [0, 0.05) is 31.4 Å². The number of hydrogen-bond acceptors (Lipinski definition) is 5. The van der Waals surface area contributed by atoms with Crippen molar-refractivity contribution in [2.45, 2.75) is 40.2 Å². The van der Waals surface area contributed by atoms with Gasteiger partial charge in [-0.1, -0.05) is 0 Å². The van der Waals surface area contributed by atoms with Gasteiger partial charge < -0.3 is 4.90 Å². The summed E-state index contributed by atoms with van der Waals surface area (Å²) in [5, 5.41) is 9.99. The average molecular weight is 405 g/mol. The highest BCUT2D eigenvalue weighted by molar-refractivity contribution is 5.77. The zero-order chi connectivity index (χ0) is 21.4. The number of pyridine rings is 1. The molecule has 0 aliphatic carbocycles. The van der Waals surface area contributed by atoms with E-state index in [0.717, 1.165) is 43.0 Å². The molecule has 154 valence electrons. The number of benzene rings is 1. The standard InChI is InChI=1S/C23H24FN5O/c1-14-10-15(2)26-22(20(14)12-25)28-8-6-17(7-9-28)13-29-16(3)27-21-11-18(24)4-5-19(21)23(29)30/h4-5,10-11,17H,6-9,13H2,1-3H3. The van der Waals surface area contributed by atoms with Gasteiger partial charge >= 0.3 is 0 Å². The molecule has 0 amide bonds. The average Bonchev–Trinajstić information content (AvgIpc) is 2.71. The van der Waals surface area contributed by atoms with Crippen LogP contribution in [0.4, 0.5) is 10.2 Å². The Kier molecular flexibility index (Phi) is 5.25. The number of piperidine rings is 1. The Morgan fingerprint density at radius 1 is 1.17 bits per heavy atom. The zero-order valence-electron chi connectivity index (χ0n) is 17.4. The molecule has 0 saturated carbocycles. The van der Waals surface area contributed by atoms with Crippen LogP contribution in [0.5, 0.6) is 0 Å². The number of rotatable bonds is 3. The van der Waals surface area contributed by atoms with Crippen LogP contribution in [-0.2, 0) is 6.54 Å². The van der Waals surface area contributed by atoms with E-state index in [-0.39, 0.29) is 5.56 Å². The Bertz CT molecular complexity index is 1220. The molecule has 0 N–H and O–H groups in total. The molecular formula is C23H24FN5O. The molecule has 2 aromatic heterocycles. The minimum Gasteiger partial charge on any atom is -0.355 e. The molecule has 1 saturated heterocycles. The predicted octanol–water partition coefficient (Wildman–Crippen LogP) is 3.64. The molecule has 0 bridgehead atoms. The summed E-state index contributed by atoms with van der Waals surface area (Å²) in [6.07, 6.45) is 1.79. The van der Waals surface area contributed by atoms with Crippen molar-refractivity contribution in [2.24, 2.45) is 5.92 Å². The maximum absolute atomic E-state index is 13.5. The summed E-state index contributed by atoms with van der Waals surface area (Å²) in [4.78, 5) is 24.1. The van der Waals surface area contributed by atoms with Crippen molar-refractivity contribution in [1.29, 1.82) is 5.26 Å². The molecule has 3 heterocycles. The van der Waals surface area contributed by atoms with Crippen molar-refractivity contribution in [1.82, 2.24) is 14.5 Å². The largest absolute Gasteiger partial charge is 0.355 e. The number of fused-ring (bicyclic) bond motifs is 1. The van der Waals surface area contributed by atoms with Crippen LogP contribution in [0.15, 0.2) is 29.1 Å². The number of hydrogen-bond donors (Lipinski definition) is 0. The van der Waals surface area contributed by atoms with Crippen LogP contribution in [0.2, 0.25) is 0 Å². The second-order valence-electron chi connectivity index (χ2n) is 8.06. The summed E-state index contributed by atoms with van der Waals surface area (Å²) in [5.41, 5.74) is 2.76. The van der Waals surface area contributed by atoms with E-state index >= 15 is 0 Å². The van der Waals surface area contributed by atoms with E-state index in [9.17, 15) is 14.4 Å². The summed E-state index contributed by atoms with van der Waals surface area (Å²) in [6.45, 7) is 7.84. The second kappa shape index (κ2) is 7.86.